The maximum absolute atomic E-state index is 12.2. The zero-order valence-corrected chi connectivity index (χ0v) is 13.9. The zero-order valence-electron chi connectivity index (χ0n) is 12.3. The lowest BCUT2D eigenvalue weighted by atomic mass is 10.3. The van der Waals surface area contributed by atoms with Gasteiger partial charge in [-0.25, -0.2) is 13.4 Å². The molecule has 0 spiro atoms. The van der Waals surface area contributed by atoms with Gasteiger partial charge in [-0.05, 0) is 44.2 Å². The molecular formula is C16H16N2O2S2. The third-order valence-electron chi connectivity index (χ3n) is 3.33. The number of nitrogens with one attached hydrogen (secondary N) is 1. The first-order valence-corrected chi connectivity index (χ1v) is 9.29. The van der Waals surface area contributed by atoms with E-state index < -0.39 is 15.1 Å². The quantitative estimate of drug-likeness (QED) is 0.777. The molecule has 2 aromatic carbocycles. The van der Waals surface area contributed by atoms with Crippen molar-refractivity contribution in [2.24, 2.45) is 0 Å². The Morgan fingerprint density at radius 1 is 1.09 bits per heavy atom. The van der Waals surface area contributed by atoms with E-state index in [2.05, 4.69) is 10.3 Å². The molecule has 0 bridgehead atoms. The summed E-state index contributed by atoms with van der Waals surface area (Å²) in [6, 6.07) is 14.9. The van der Waals surface area contributed by atoms with Crippen LogP contribution in [0.1, 0.15) is 13.8 Å². The van der Waals surface area contributed by atoms with Crippen LogP contribution in [-0.2, 0) is 9.84 Å². The topological polar surface area (TPSA) is 59.1 Å². The van der Waals surface area contributed by atoms with Crippen molar-refractivity contribution < 1.29 is 8.42 Å². The number of hydrogen-bond donors (Lipinski definition) is 1. The number of sulfone groups is 1. The number of para-hydroxylation sites is 1. The van der Waals surface area contributed by atoms with Gasteiger partial charge in [0, 0.05) is 5.69 Å². The molecule has 22 heavy (non-hydrogen) atoms. The normalized spacial score (nSPS) is 12.0. The van der Waals surface area contributed by atoms with Gasteiger partial charge in [0.25, 0.3) is 0 Å². The van der Waals surface area contributed by atoms with Gasteiger partial charge in [-0.2, -0.15) is 0 Å². The molecule has 0 unspecified atom stereocenters. The Labute approximate surface area is 133 Å². The van der Waals surface area contributed by atoms with Crippen LogP contribution in [0.4, 0.5) is 10.8 Å². The SMILES string of the molecule is CC(C)S(=O)(=O)c1ccc2nc(Nc3ccccc3)sc2c1. The fourth-order valence-corrected chi connectivity index (χ4v) is 4.14. The standard InChI is InChI=1S/C16H16N2O2S2/c1-11(2)22(19,20)13-8-9-14-15(10-13)21-16(18-14)17-12-6-4-3-5-7-12/h3-11H,1-2H3,(H,17,18). The minimum Gasteiger partial charge on any atom is -0.332 e. The van der Waals surface area contributed by atoms with E-state index in [0.29, 0.717) is 4.90 Å². The number of hydrogen-bond acceptors (Lipinski definition) is 5. The molecule has 114 valence electrons. The highest BCUT2D eigenvalue weighted by Crippen LogP contribution is 2.30. The third kappa shape index (κ3) is 2.84. The van der Waals surface area contributed by atoms with Gasteiger partial charge < -0.3 is 5.32 Å². The van der Waals surface area contributed by atoms with E-state index in [-0.39, 0.29) is 0 Å². The molecule has 0 aliphatic rings. The predicted octanol–water partition coefficient (Wildman–Crippen LogP) is 4.22. The number of anilines is 2. The van der Waals surface area contributed by atoms with Gasteiger partial charge in [0.05, 0.1) is 20.4 Å². The van der Waals surface area contributed by atoms with E-state index in [0.717, 1.165) is 21.0 Å². The van der Waals surface area contributed by atoms with Crippen molar-refractivity contribution in [2.75, 3.05) is 5.32 Å². The fraction of sp³-hybridized carbons (Fsp3) is 0.188. The smallest absolute Gasteiger partial charge is 0.188 e. The molecule has 0 fully saturated rings. The van der Waals surface area contributed by atoms with Crippen molar-refractivity contribution in [1.29, 1.82) is 0 Å². The highest BCUT2D eigenvalue weighted by atomic mass is 32.2. The zero-order chi connectivity index (χ0) is 15.7. The highest BCUT2D eigenvalue weighted by molar-refractivity contribution is 7.92. The molecule has 4 nitrogen and oxygen atoms in total. The van der Waals surface area contributed by atoms with Crippen LogP contribution in [0.5, 0.6) is 0 Å². The van der Waals surface area contributed by atoms with E-state index in [4.69, 9.17) is 0 Å². The van der Waals surface area contributed by atoms with E-state index in [1.54, 1.807) is 32.0 Å². The second kappa shape index (κ2) is 5.70. The Balaban J connectivity index is 1.97. The van der Waals surface area contributed by atoms with Crippen molar-refractivity contribution in [2.45, 2.75) is 24.0 Å². The Hall–Kier alpha value is -1.92. The minimum absolute atomic E-state index is 0.352. The van der Waals surface area contributed by atoms with Crippen LogP contribution < -0.4 is 5.32 Å². The lowest BCUT2D eigenvalue weighted by Gasteiger charge is -2.06. The van der Waals surface area contributed by atoms with Crippen molar-refractivity contribution in [1.82, 2.24) is 4.98 Å². The molecule has 6 heteroatoms. The van der Waals surface area contributed by atoms with E-state index in [1.807, 2.05) is 30.3 Å². The molecule has 1 N–H and O–H groups in total. The summed E-state index contributed by atoms with van der Waals surface area (Å²) in [7, 11) is -3.26. The lowest BCUT2D eigenvalue weighted by Crippen LogP contribution is -2.13. The third-order valence-corrected chi connectivity index (χ3v) is 6.42. The molecule has 0 saturated carbocycles. The number of thiazole rings is 1. The number of rotatable bonds is 4. The molecule has 0 saturated heterocycles. The first-order chi connectivity index (χ1) is 10.5. The second-order valence-electron chi connectivity index (χ2n) is 5.23. The van der Waals surface area contributed by atoms with Gasteiger partial charge >= 0.3 is 0 Å². The van der Waals surface area contributed by atoms with Crippen LogP contribution in [0.25, 0.3) is 10.2 Å². The largest absolute Gasteiger partial charge is 0.332 e. The van der Waals surface area contributed by atoms with Gasteiger partial charge in [0.1, 0.15) is 0 Å². The van der Waals surface area contributed by atoms with Gasteiger partial charge in [0.2, 0.25) is 0 Å². The summed E-state index contributed by atoms with van der Waals surface area (Å²) in [5.74, 6) is 0. The van der Waals surface area contributed by atoms with Crippen LogP contribution in [0.2, 0.25) is 0 Å². The average Bonchev–Trinajstić information content (AvgIpc) is 2.89. The molecule has 3 rings (SSSR count). The second-order valence-corrected chi connectivity index (χ2v) is 8.77. The van der Waals surface area contributed by atoms with Crippen molar-refractivity contribution in [3.63, 3.8) is 0 Å². The lowest BCUT2D eigenvalue weighted by molar-refractivity contribution is 0.587. The number of nitrogens with zero attached hydrogens (tertiary/aromatic N) is 1. The van der Waals surface area contributed by atoms with E-state index in [1.165, 1.54) is 11.3 Å². The predicted molar refractivity (Wildman–Crippen MR) is 91.7 cm³/mol. The molecule has 0 atom stereocenters. The summed E-state index contributed by atoms with van der Waals surface area (Å²) in [4.78, 5) is 4.84. The highest BCUT2D eigenvalue weighted by Gasteiger charge is 2.20. The van der Waals surface area contributed by atoms with Crippen LogP contribution in [0, 0.1) is 0 Å². The van der Waals surface area contributed by atoms with Crippen LogP contribution in [0.3, 0.4) is 0 Å². The maximum Gasteiger partial charge on any atom is 0.188 e. The van der Waals surface area contributed by atoms with Crippen LogP contribution >= 0.6 is 11.3 Å². The summed E-state index contributed by atoms with van der Waals surface area (Å²) in [6.07, 6.45) is 0. The summed E-state index contributed by atoms with van der Waals surface area (Å²) < 4.78 is 25.3. The Kier molecular flexibility index (Phi) is 3.88. The van der Waals surface area contributed by atoms with Crippen molar-refractivity contribution in [3.8, 4) is 0 Å². The van der Waals surface area contributed by atoms with Crippen molar-refractivity contribution >= 4 is 42.2 Å². The molecule has 0 radical (unpaired) electrons. The average molecular weight is 332 g/mol. The molecule has 0 aliphatic carbocycles. The number of benzene rings is 2. The summed E-state index contributed by atoms with van der Waals surface area (Å²) in [5, 5.41) is 3.55. The molecule has 0 aliphatic heterocycles. The maximum atomic E-state index is 12.2. The molecule has 1 aromatic heterocycles. The van der Waals surface area contributed by atoms with E-state index >= 15 is 0 Å². The Bertz CT molecular complexity index is 900. The Morgan fingerprint density at radius 3 is 2.50 bits per heavy atom. The fourth-order valence-electron chi connectivity index (χ4n) is 2.05. The molecular weight excluding hydrogens is 316 g/mol. The van der Waals surface area contributed by atoms with Crippen molar-refractivity contribution in [3.05, 3.63) is 48.5 Å². The van der Waals surface area contributed by atoms with Crippen LogP contribution in [-0.4, -0.2) is 18.7 Å². The van der Waals surface area contributed by atoms with Crippen LogP contribution in [0.15, 0.2) is 53.4 Å². The van der Waals surface area contributed by atoms with E-state index in [9.17, 15) is 8.42 Å². The molecule has 3 aromatic rings. The van der Waals surface area contributed by atoms with Gasteiger partial charge in [-0.1, -0.05) is 29.5 Å². The van der Waals surface area contributed by atoms with Gasteiger partial charge in [-0.15, -0.1) is 0 Å². The summed E-state index contributed by atoms with van der Waals surface area (Å²) >= 11 is 1.45. The van der Waals surface area contributed by atoms with Gasteiger partial charge in [-0.3, -0.25) is 0 Å². The summed E-state index contributed by atoms with van der Waals surface area (Å²) in [5.41, 5.74) is 1.75. The first-order valence-electron chi connectivity index (χ1n) is 6.93. The molecule has 0 amide bonds. The molecule has 1 heterocycles. The summed E-state index contributed by atoms with van der Waals surface area (Å²) in [6.45, 7) is 3.38. The Morgan fingerprint density at radius 2 is 1.82 bits per heavy atom. The number of aromatic nitrogens is 1. The monoisotopic (exact) mass is 332 g/mol. The number of fused-ring (bicyclic) bond motifs is 1. The van der Waals surface area contributed by atoms with Gasteiger partial charge in [0.15, 0.2) is 15.0 Å². The first kappa shape index (κ1) is 15.0. The minimum atomic E-state index is -3.26.